The first-order chi connectivity index (χ1) is 14.1. The molecule has 29 heavy (non-hydrogen) atoms. The van der Waals surface area contributed by atoms with Gasteiger partial charge < -0.3 is 14.6 Å². The molecule has 3 aromatic carbocycles. The van der Waals surface area contributed by atoms with Crippen molar-refractivity contribution in [1.82, 2.24) is 0 Å². The molecule has 3 rings (SSSR count). The molecule has 2 N–H and O–H groups in total. The second-order valence-electron chi connectivity index (χ2n) is 6.05. The Balaban J connectivity index is 1.66. The van der Waals surface area contributed by atoms with Crippen LogP contribution in [0.4, 0.5) is 10.1 Å². The number of carboxylic acid groups (broad SMARTS) is 1. The molecule has 0 fully saturated rings. The van der Waals surface area contributed by atoms with Crippen LogP contribution < -0.4 is 14.9 Å². The van der Waals surface area contributed by atoms with Crippen molar-refractivity contribution >= 4 is 17.9 Å². The van der Waals surface area contributed by atoms with Crippen molar-refractivity contribution in [2.75, 3.05) is 12.5 Å². The Bertz CT molecular complexity index is 1040. The standard InChI is InChI=1S/C22H19FN2O4/c1-28-21-11-15(13-24-25-18-7-4-6-16(12-18)22(26)27)9-10-20(21)29-14-17-5-2-3-8-19(17)23/h2-13,25H,14H2,1H3,(H,26,27)/b24-13+. The number of carbonyl (C=O) groups is 1. The topological polar surface area (TPSA) is 80.2 Å². The molecule has 0 saturated heterocycles. The van der Waals surface area contributed by atoms with Crippen LogP contribution in [0, 0.1) is 5.82 Å². The summed E-state index contributed by atoms with van der Waals surface area (Å²) in [5, 5.41) is 13.1. The summed E-state index contributed by atoms with van der Waals surface area (Å²) in [4.78, 5) is 11.0. The first-order valence-electron chi connectivity index (χ1n) is 8.73. The molecule has 6 nitrogen and oxygen atoms in total. The van der Waals surface area contributed by atoms with E-state index in [4.69, 9.17) is 14.6 Å². The molecular formula is C22H19FN2O4. The van der Waals surface area contributed by atoms with Gasteiger partial charge in [0, 0.05) is 5.56 Å². The van der Waals surface area contributed by atoms with Gasteiger partial charge in [0.25, 0.3) is 0 Å². The van der Waals surface area contributed by atoms with Gasteiger partial charge in [0.15, 0.2) is 11.5 Å². The average Bonchev–Trinajstić information content (AvgIpc) is 2.74. The number of rotatable bonds is 8. The van der Waals surface area contributed by atoms with Gasteiger partial charge in [-0.25, -0.2) is 9.18 Å². The number of hydrogen-bond donors (Lipinski definition) is 2. The maximum atomic E-state index is 13.7. The molecule has 0 heterocycles. The summed E-state index contributed by atoms with van der Waals surface area (Å²) in [6.07, 6.45) is 1.57. The maximum absolute atomic E-state index is 13.7. The van der Waals surface area contributed by atoms with Crippen molar-refractivity contribution in [3.05, 3.63) is 89.2 Å². The van der Waals surface area contributed by atoms with Crippen molar-refractivity contribution in [3.8, 4) is 11.5 Å². The first kappa shape index (κ1) is 19.9. The summed E-state index contributed by atoms with van der Waals surface area (Å²) in [6.45, 7) is 0.0813. The zero-order chi connectivity index (χ0) is 20.6. The highest BCUT2D eigenvalue weighted by Crippen LogP contribution is 2.28. The largest absolute Gasteiger partial charge is 0.493 e. The monoisotopic (exact) mass is 394 g/mol. The SMILES string of the molecule is COc1cc(/C=N/Nc2cccc(C(=O)O)c2)ccc1OCc1ccccc1F. The van der Waals surface area contributed by atoms with Crippen LogP contribution in [0.5, 0.6) is 11.5 Å². The number of benzene rings is 3. The van der Waals surface area contributed by atoms with Crippen molar-refractivity contribution < 1.29 is 23.8 Å². The lowest BCUT2D eigenvalue weighted by Crippen LogP contribution is -2.00. The number of ether oxygens (including phenoxy) is 2. The minimum atomic E-state index is -1.01. The molecule has 7 heteroatoms. The molecule has 0 amide bonds. The van der Waals surface area contributed by atoms with Crippen LogP contribution in [0.2, 0.25) is 0 Å². The highest BCUT2D eigenvalue weighted by Gasteiger charge is 2.08. The van der Waals surface area contributed by atoms with E-state index in [9.17, 15) is 9.18 Å². The fourth-order valence-corrected chi connectivity index (χ4v) is 2.56. The Morgan fingerprint density at radius 2 is 1.93 bits per heavy atom. The zero-order valence-electron chi connectivity index (χ0n) is 15.6. The lowest BCUT2D eigenvalue weighted by molar-refractivity contribution is 0.0697. The van der Waals surface area contributed by atoms with Gasteiger partial charge in [-0.15, -0.1) is 0 Å². The molecule has 148 valence electrons. The molecule has 0 spiro atoms. The highest BCUT2D eigenvalue weighted by atomic mass is 19.1. The second kappa shape index (κ2) is 9.36. The highest BCUT2D eigenvalue weighted by molar-refractivity contribution is 5.89. The van der Waals surface area contributed by atoms with E-state index < -0.39 is 5.97 Å². The van der Waals surface area contributed by atoms with Crippen molar-refractivity contribution in [2.45, 2.75) is 6.61 Å². The smallest absolute Gasteiger partial charge is 0.335 e. The number of hydrazone groups is 1. The van der Waals surface area contributed by atoms with Gasteiger partial charge in [0.05, 0.1) is 24.6 Å². The molecule has 0 bridgehead atoms. The molecule has 0 atom stereocenters. The third kappa shape index (κ3) is 5.32. The number of halogens is 1. The number of anilines is 1. The number of aromatic carboxylic acids is 1. The third-order valence-electron chi connectivity index (χ3n) is 4.05. The van der Waals surface area contributed by atoms with E-state index in [2.05, 4.69) is 10.5 Å². The molecule has 0 aliphatic rings. The van der Waals surface area contributed by atoms with Gasteiger partial charge in [-0.2, -0.15) is 5.10 Å². The van der Waals surface area contributed by atoms with Crippen LogP contribution in [0.15, 0.2) is 71.8 Å². The van der Waals surface area contributed by atoms with Gasteiger partial charge in [-0.3, -0.25) is 5.43 Å². The van der Waals surface area contributed by atoms with Gasteiger partial charge in [0.2, 0.25) is 0 Å². The Morgan fingerprint density at radius 1 is 1.10 bits per heavy atom. The van der Waals surface area contributed by atoms with Gasteiger partial charge >= 0.3 is 5.97 Å². The van der Waals surface area contributed by atoms with Gasteiger partial charge in [0.1, 0.15) is 12.4 Å². The summed E-state index contributed by atoms with van der Waals surface area (Å²) in [5.74, 6) is -0.366. The minimum absolute atomic E-state index is 0.0813. The van der Waals surface area contributed by atoms with Crippen molar-refractivity contribution in [1.29, 1.82) is 0 Å². The summed E-state index contributed by atoms with van der Waals surface area (Å²) in [6, 6.07) is 18.0. The van der Waals surface area contributed by atoms with E-state index in [0.29, 0.717) is 22.7 Å². The van der Waals surface area contributed by atoms with E-state index in [-0.39, 0.29) is 18.0 Å². The second-order valence-corrected chi connectivity index (χ2v) is 6.05. The number of nitrogens with one attached hydrogen (secondary N) is 1. The van der Waals surface area contributed by atoms with Crippen LogP contribution in [0.1, 0.15) is 21.5 Å². The third-order valence-corrected chi connectivity index (χ3v) is 4.05. The molecule has 0 aliphatic carbocycles. The molecule has 3 aromatic rings. The zero-order valence-corrected chi connectivity index (χ0v) is 15.6. The van der Waals surface area contributed by atoms with Crippen molar-refractivity contribution in [2.24, 2.45) is 5.10 Å². The van der Waals surface area contributed by atoms with E-state index in [1.165, 1.54) is 25.3 Å². The van der Waals surface area contributed by atoms with Crippen LogP contribution in [0.3, 0.4) is 0 Å². The van der Waals surface area contributed by atoms with Crippen LogP contribution >= 0.6 is 0 Å². The van der Waals surface area contributed by atoms with E-state index >= 15 is 0 Å². The molecular weight excluding hydrogens is 375 g/mol. The number of carboxylic acids is 1. The Hall–Kier alpha value is -3.87. The van der Waals surface area contributed by atoms with Crippen LogP contribution in [-0.2, 0) is 6.61 Å². The van der Waals surface area contributed by atoms with Crippen LogP contribution in [0.25, 0.3) is 0 Å². The summed E-state index contributed by atoms with van der Waals surface area (Å²) < 4.78 is 24.7. The number of methoxy groups -OCH3 is 1. The maximum Gasteiger partial charge on any atom is 0.335 e. The van der Waals surface area contributed by atoms with E-state index in [0.717, 1.165) is 5.56 Å². The van der Waals surface area contributed by atoms with Gasteiger partial charge in [-0.05, 0) is 48.0 Å². The molecule has 0 saturated carbocycles. The molecule has 0 aliphatic heterocycles. The molecule has 0 unspecified atom stereocenters. The Morgan fingerprint density at radius 3 is 2.69 bits per heavy atom. The Labute approximate surface area is 167 Å². The Kier molecular flexibility index (Phi) is 6.42. The normalized spacial score (nSPS) is 10.7. The van der Waals surface area contributed by atoms with Crippen molar-refractivity contribution in [3.63, 3.8) is 0 Å². The van der Waals surface area contributed by atoms with E-state index in [1.54, 1.807) is 54.7 Å². The summed E-state index contributed by atoms with van der Waals surface area (Å²) in [7, 11) is 1.52. The first-order valence-corrected chi connectivity index (χ1v) is 8.73. The number of hydrogen-bond acceptors (Lipinski definition) is 5. The lowest BCUT2D eigenvalue weighted by Gasteiger charge is -2.11. The summed E-state index contributed by atoms with van der Waals surface area (Å²) >= 11 is 0. The minimum Gasteiger partial charge on any atom is -0.493 e. The fourth-order valence-electron chi connectivity index (χ4n) is 2.56. The molecule has 0 radical (unpaired) electrons. The van der Waals surface area contributed by atoms with Crippen LogP contribution in [-0.4, -0.2) is 24.4 Å². The average molecular weight is 394 g/mol. The predicted octanol–water partition coefficient (Wildman–Crippen LogP) is 4.56. The summed E-state index contributed by atoms with van der Waals surface area (Å²) in [5.41, 5.74) is 4.70. The number of nitrogens with zero attached hydrogens (tertiary/aromatic N) is 1. The predicted molar refractivity (Wildman–Crippen MR) is 108 cm³/mol. The lowest BCUT2D eigenvalue weighted by atomic mass is 10.2. The fraction of sp³-hybridized carbons (Fsp3) is 0.0909. The van der Waals surface area contributed by atoms with E-state index in [1.807, 2.05) is 0 Å². The van der Waals surface area contributed by atoms with Gasteiger partial charge in [-0.1, -0.05) is 24.3 Å². The quantitative estimate of drug-likeness (QED) is 0.433. The molecule has 0 aromatic heterocycles.